The predicted octanol–water partition coefficient (Wildman–Crippen LogP) is 9.35. The maximum absolute atomic E-state index is 17.0. The number of nitrogens with one attached hydrogen (secondary N) is 2. The van der Waals surface area contributed by atoms with E-state index < -0.39 is 47.6 Å². The van der Waals surface area contributed by atoms with Gasteiger partial charge in [-0.2, -0.15) is 0 Å². The van der Waals surface area contributed by atoms with Gasteiger partial charge in [-0.05, 0) is 0 Å². The van der Waals surface area contributed by atoms with Crippen molar-refractivity contribution in [1.29, 1.82) is 0 Å². The fraction of sp³-hybridized carbons (Fsp3) is 0.421. The molecule has 2 N–H and O–H groups in total. The molecule has 0 aliphatic heterocycles. The second-order valence-electron chi connectivity index (χ2n) is 12.4. The van der Waals surface area contributed by atoms with Crippen molar-refractivity contribution < 1.29 is 43.7 Å². The summed E-state index contributed by atoms with van der Waals surface area (Å²) < 4.78 is 67.1. The molecule has 2 unspecified atom stereocenters. The van der Waals surface area contributed by atoms with Gasteiger partial charge < -0.3 is 0 Å². The van der Waals surface area contributed by atoms with E-state index in [1.54, 1.807) is 36.5 Å². The number of hydrogen-bond acceptors (Lipinski definition) is 2. The van der Waals surface area contributed by atoms with Crippen molar-refractivity contribution in [2.45, 2.75) is 91.9 Å². The van der Waals surface area contributed by atoms with E-state index >= 15 is 17.6 Å². The van der Waals surface area contributed by atoms with E-state index in [9.17, 15) is 9.59 Å². The minimum absolute atomic E-state index is 0.221. The second-order valence-corrected chi connectivity index (χ2v) is 18.3. The topological polar surface area (TPSA) is 58.2 Å². The number of rotatable bonds is 16. The van der Waals surface area contributed by atoms with Gasteiger partial charge in [0.05, 0.1) is 0 Å². The molecule has 0 bridgehead atoms. The molecular formula is C38H46F4N2O2Ti. The van der Waals surface area contributed by atoms with Gasteiger partial charge in [0.1, 0.15) is 0 Å². The molecule has 2 amide bonds. The Kier molecular flexibility index (Phi) is 13.0. The first-order valence-corrected chi connectivity index (χ1v) is 20.1. The second kappa shape index (κ2) is 16.7. The van der Waals surface area contributed by atoms with E-state index in [0.717, 1.165) is 37.8 Å². The summed E-state index contributed by atoms with van der Waals surface area (Å²) in [6.45, 7) is 7.81. The molecule has 47 heavy (non-hydrogen) atoms. The first-order chi connectivity index (χ1) is 22.6. The van der Waals surface area contributed by atoms with Crippen LogP contribution in [0.15, 0.2) is 68.5 Å². The zero-order valence-corrected chi connectivity index (χ0v) is 29.4. The molecule has 4 rings (SSSR count). The number of carbonyl (C=O) groups is 2. The summed E-state index contributed by atoms with van der Waals surface area (Å²) in [6, 6.07) is 4.51. The van der Waals surface area contributed by atoms with Crippen molar-refractivity contribution in [3.8, 4) is 0 Å². The van der Waals surface area contributed by atoms with E-state index in [-0.39, 0.29) is 47.9 Å². The van der Waals surface area contributed by atoms with E-state index in [0.29, 0.717) is 33.4 Å². The SMILES string of the molecule is CCCCC(CC)C(=O)Nc1ccc(F)[c]([Ti]([C]2=CC=CC2)([C]2=CC=CC2)[c]2c(F)ccc(NC(=O)C(CC)CCCC)c2F)c1F. The van der Waals surface area contributed by atoms with Crippen LogP contribution in [0.5, 0.6) is 0 Å². The van der Waals surface area contributed by atoms with Gasteiger partial charge in [-0.1, -0.05) is 0 Å². The Balaban J connectivity index is 1.95. The fourth-order valence-electron chi connectivity index (χ4n) is 6.82. The van der Waals surface area contributed by atoms with Gasteiger partial charge in [0, 0.05) is 0 Å². The number of halogens is 4. The number of anilines is 2. The van der Waals surface area contributed by atoms with Crippen molar-refractivity contribution in [1.82, 2.24) is 0 Å². The van der Waals surface area contributed by atoms with Crippen molar-refractivity contribution in [3.05, 3.63) is 91.7 Å². The van der Waals surface area contributed by atoms with Crippen LogP contribution in [0.2, 0.25) is 0 Å². The van der Waals surface area contributed by atoms with E-state index in [4.69, 9.17) is 0 Å². The summed E-state index contributed by atoms with van der Waals surface area (Å²) in [7, 11) is 0. The van der Waals surface area contributed by atoms with Crippen LogP contribution in [0.1, 0.15) is 91.9 Å². The first-order valence-electron chi connectivity index (χ1n) is 17.0. The number of amides is 2. The summed E-state index contributed by atoms with van der Waals surface area (Å²) in [5.41, 5.74) is -0.442. The van der Waals surface area contributed by atoms with E-state index in [2.05, 4.69) is 10.6 Å². The summed E-state index contributed by atoms with van der Waals surface area (Å²) in [5, 5.41) is 5.36. The van der Waals surface area contributed by atoms with Gasteiger partial charge in [-0.3, -0.25) is 0 Å². The minimum atomic E-state index is -5.14. The molecule has 9 heteroatoms. The van der Waals surface area contributed by atoms with Crippen LogP contribution < -0.4 is 18.4 Å². The zero-order chi connectivity index (χ0) is 34.1. The third-order valence-corrected chi connectivity index (χ3v) is 17.4. The normalized spacial score (nSPS) is 15.4. The quantitative estimate of drug-likeness (QED) is 0.137. The molecule has 2 aliphatic rings. The van der Waals surface area contributed by atoms with Crippen LogP contribution in [-0.4, -0.2) is 11.8 Å². The van der Waals surface area contributed by atoms with Crippen LogP contribution >= 0.6 is 0 Å². The Morgan fingerprint density at radius 3 is 1.40 bits per heavy atom. The standard InChI is InChI=1S/2C14H18F2NO.2C5H5.Ti/c2*1-3-5-6-10(4-2)14(18)17-13-8-7-11(15)9-12(13)16;2*1-2-4-5-3-1;/h2*7-8,10H,3-6H2,1-2H3,(H,17,18);2*1-3H,4H2;. The van der Waals surface area contributed by atoms with Crippen molar-refractivity contribution in [3.63, 3.8) is 0 Å². The molecule has 252 valence electrons. The van der Waals surface area contributed by atoms with Crippen LogP contribution in [-0.2, 0) is 26.2 Å². The molecule has 0 radical (unpaired) electrons. The van der Waals surface area contributed by atoms with Gasteiger partial charge in [0.2, 0.25) is 0 Å². The Morgan fingerprint density at radius 1 is 0.681 bits per heavy atom. The first kappa shape index (κ1) is 36.6. The molecule has 0 aromatic heterocycles. The zero-order valence-electron chi connectivity index (χ0n) is 27.8. The average Bonchev–Trinajstić information content (AvgIpc) is 3.80. The Labute approximate surface area is 279 Å². The summed E-state index contributed by atoms with van der Waals surface area (Å²) >= 11 is -5.14. The molecule has 0 fully saturated rings. The van der Waals surface area contributed by atoms with Crippen LogP contribution in [0, 0.1) is 35.1 Å². The number of unbranched alkanes of at least 4 members (excludes halogenated alkanes) is 2. The van der Waals surface area contributed by atoms with E-state index in [1.165, 1.54) is 12.1 Å². The van der Waals surface area contributed by atoms with Crippen molar-refractivity contribution in [2.24, 2.45) is 11.8 Å². The van der Waals surface area contributed by atoms with Gasteiger partial charge in [0.25, 0.3) is 0 Å². The van der Waals surface area contributed by atoms with Gasteiger partial charge in [-0.15, -0.1) is 0 Å². The van der Waals surface area contributed by atoms with Crippen molar-refractivity contribution in [2.75, 3.05) is 10.6 Å². The predicted molar refractivity (Wildman–Crippen MR) is 180 cm³/mol. The molecule has 2 aliphatic carbocycles. The molecule has 2 aromatic carbocycles. The van der Waals surface area contributed by atoms with Crippen LogP contribution in [0.25, 0.3) is 0 Å². The molecular weight excluding hydrogens is 640 g/mol. The maximum atomic E-state index is 17.0. The third kappa shape index (κ3) is 7.59. The molecule has 0 heterocycles. The molecule has 2 aromatic rings. The molecule has 0 spiro atoms. The Hall–Kier alpha value is -3.23. The number of hydrogen-bond donors (Lipinski definition) is 2. The summed E-state index contributed by atoms with van der Waals surface area (Å²) in [5.74, 6) is -5.40. The fourth-order valence-corrected chi connectivity index (χ4v) is 15.1. The Morgan fingerprint density at radius 2 is 1.09 bits per heavy atom. The summed E-state index contributed by atoms with van der Waals surface area (Å²) in [4.78, 5) is 26.5. The van der Waals surface area contributed by atoms with Gasteiger partial charge >= 0.3 is 281 Å². The van der Waals surface area contributed by atoms with Crippen LogP contribution in [0.4, 0.5) is 28.9 Å². The Bertz CT molecular complexity index is 1480. The van der Waals surface area contributed by atoms with Crippen LogP contribution in [0.3, 0.4) is 0 Å². The number of benzene rings is 2. The summed E-state index contributed by atoms with van der Waals surface area (Å²) in [6.07, 6.45) is 16.8. The average molecular weight is 687 g/mol. The van der Waals surface area contributed by atoms with Gasteiger partial charge in [-0.25, -0.2) is 0 Å². The van der Waals surface area contributed by atoms with Crippen molar-refractivity contribution >= 4 is 30.9 Å². The monoisotopic (exact) mass is 686 g/mol. The molecule has 4 nitrogen and oxygen atoms in total. The van der Waals surface area contributed by atoms with Gasteiger partial charge in [0.15, 0.2) is 0 Å². The molecule has 2 atom stereocenters. The third-order valence-electron chi connectivity index (χ3n) is 9.49. The molecule has 0 saturated heterocycles. The van der Waals surface area contributed by atoms with E-state index in [1.807, 2.05) is 27.7 Å². The number of carbonyl (C=O) groups excluding carboxylic acids is 2. The molecule has 0 saturated carbocycles. The number of allylic oxidation sites excluding steroid dienone is 8.